The van der Waals surface area contributed by atoms with Gasteiger partial charge in [-0.3, -0.25) is 19.7 Å². The number of carbonyl (C=O) groups is 2. The van der Waals surface area contributed by atoms with Crippen molar-refractivity contribution < 1.29 is 48.4 Å². The minimum atomic E-state index is -3.92. The van der Waals surface area contributed by atoms with Crippen LogP contribution in [-0.4, -0.2) is 54.6 Å². The van der Waals surface area contributed by atoms with E-state index in [1.165, 1.54) is 60.8 Å². The third-order valence-electron chi connectivity index (χ3n) is 8.09. The first kappa shape index (κ1) is 50.3. The van der Waals surface area contributed by atoms with Crippen molar-refractivity contribution in [1.29, 1.82) is 0 Å². The van der Waals surface area contributed by atoms with Gasteiger partial charge in [0.2, 0.25) is 31.9 Å². The number of nitrogens with one attached hydrogen (secondary N) is 4. The molecular weight excluding hydrogens is 929 g/mol. The van der Waals surface area contributed by atoms with Crippen LogP contribution in [0.25, 0.3) is 42.0 Å². The van der Waals surface area contributed by atoms with Gasteiger partial charge in [0.05, 0.1) is 24.5 Å². The van der Waals surface area contributed by atoms with Crippen LogP contribution in [0, 0.1) is 10.1 Å². The Hall–Kier alpha value is -5.38. The second-order valence-electron chi connectivity index (χ2n) is 16.0. The summed E-state index contributed by atoms with van der Waals surface area (Å²) >= 11 is 2.64. The number of non-ortho nitro benzene ring substituents is 1. The molecule has 2 heterocycles. The molecule has 0 radical (unpaired) electrons. The number of anilines is 3. The number of benzene rings is 4. The monoisotopic (exact) mass is 974 g/mol. The Bertz CT molecular complexity index is 2850. The summed E-state index contributed by atoms with van der Waals surface area (Å²) < 4.78 is 57.9. The average Bonchev–Trinajstić information content (AvgIpc) is 3.85. The van der Waals surface area contributed by atoms with E-state index in [1.807, 2.05) is 12.1 Å². The molecule has 0 fully saturated rings. The van der Waals surface area contributed by atoms with Crippen LogP contribution >= 0.6 is 22.7 Å². The normalized spacial score (nSPS) is 11.7. The van der Waals surface area contributed by atoms with Crippen LogP contribution in [0.1, 0.15) is 55.4 Å². The van der Waals surface area contributed by atoms with Gasteiger partial charge in [0.1, 0.15) is 10.0 Å². The van der Waals surface area contributed by atoms with E-state index in [1.54, 1.807) is 102 Å². The van der Waals surface area contributed by atoms with Crippen LogP contribution in [0.5, 0.6) is 0 Å². The fourth-order valence-electron chi connectivity index (χ4n) is 5.79. The molecule has 0 aliphatic heterocycles. The molecule has 2 amide bonds. The second-order valence-corrected chi connectivity index (χ2v) is 21.3. The second kappa shape index (κ2) is 20.0. The maximum absolute atomic E-state index is 13.2. The number of sulfonamides is 2. The molecule has 4 aromatic carbocycles. The molecule has 0 aliphatic carbocycles. The number of aromatic nitrogens is 2. The Morgan fingerprint density at radius 2 is 1.00 bits per heavy atom. The Labute approximate surface area is 384 Å². The third-order valence-corrected chi connectivity index (χ3v) is 13.8. The van der Waals surface area contributed by atoms with Crippen molar-refractivity contribution in [1.82, 2.24) is 19.4 Å². The molecule has 334 valence electrons. The third kappa shape index (κ3) is 13.8. The number of rotatable bonds is 11. The number of nitro groups is 1. The van der Waals surface area contributed by atoms with Gasteiger partial charge in [-0.15, -0.1) is 22.7 Å². The van der Waals surface area contributed by atoms with Crippen LogP contribution in [0.15, 0.2) is 107 Å². The minimum absolute atomic E-state index is 0. The van der Waals surface area contributed by atoms with Gasteiger partial charge in [0.25, 0.3) is 5.69 Å². The van der Waals surface area contributed by atoms with Crippen molar-refractivity contribution in [2.45, 2.75) is 76.3 Å². The van der Waals surface area contributed by atoms with Gasteiger partial charge in [-0.2, -0.15) is 0 Å². The first-order chi connectivity index (χ1) is 28.8. The maximum atomic E-state index is 13.2. The minimum Gasteiger partial charge on any atom is -0.399 e. The molecule has 0 unspecified atom stereocenters. The summed E-state index contributed by atoms with van der Waals surface area (Å²) in [5.41, 5.74) is 8.29. The van der Waals surface area contributed by atoms with Gasteiger partial charge in [0, 0.05) is 106 Å². The summed E-state index contributed by atoms with van der Waals surface area (Å²) in [6.45, 7) is 13.2. The molecule has 6 N–H and O–H groups in total. The van der Waals surface area contributed by atoms with E-state index in [-0.39, 0.29) is 44.4 Å². The molecule has 6 rings (SSSR count). The van der Waals surface area contributed by atoms with Crippen molar-refractivity contribution in [3.63, 3.8) is 0 Å². The molecule has 21 heteroatoms. The summed E-state index contributed by atoms with van der Waals surface area (Å²) in [4.78, 5) is 43.5. The van der Waals surface area contributed by atoms with E-state index >= 15 is 0 Å². The number of nitrogens with zero attached hydrogens (tertiary/aromatic N) is 3. The zero-order valence-corrected chi connectivity index (χ0v) is 39.8. The van der Waals surface area contributed by atoms with Crippen LogP contribution in [0.3, 0.4) is 0 Å². The van der Waals surface area contributed by atoms with Crippen LogP contribution in [-0.2, 0) is 46.7 Å². The SMILES string of the molecule is CC(=O)Nc1ccc(-c2cnc(-c3ccc(N)cc3)s2)c(S(=O)(=O)NC(C)(C)C)c1.CC(=O)Nc1ccc(-c2cnc(-c3ccc([N+](=O)[O-])cc3)s2)c(S(=O)(=O)NC(C)(C)C)c1.[Fe]. The zero-order valence-electron chi connectivity index (χ0n) is 35.4. The topological polar surface area (TPSA) is 245 Å². The van der Waals surface area contributed by atoms with Gasteiger partial charge in [-0.25, -0.2) is 36.2 Å². The number of thiazole rings is 2. The van der Waals surface area contributed by atoms with E-state index in [0.29, 0.717) is 48.5 Å². The summed E-state index contributed by atoms with van der Waals surface area (Å²) in [6.07, 6.45) is 3.21. The molecule has 0 bridgehead atoms. The summed E-state index contributed by atoms with van der Waals surface area (Å²) in [5.74, 6) is -0.596. The number of nitrogens with two attached hydrogens (primary N) is 1. The first-order valence-corrected chi connectivity index (χ1v) is 23.3. The fourth-order valence-corrected chi connectivity index (χ4v) is 11.2. The average molecular weight is 975 g/mol. The fraction of sp³-hybridized carbons (Fsp3) is 0.238. The Balaban J connectivity index is 0.000000273. The predicted octanol–water partition coefficient (Wildman–Crippen LogP) is 8.51. The molecule has 0 saturated carbocycles. The maximum Gasteiger partial charge on any atom is 0.269 e. The summed E-state index contributed by atoms with van der Waals surface area (Å²) in [6, 6.07) is 22.8. The number of hydrogen-bond donors (Lipinski definition) is 5. The molecule has 16 nitrogen and oxygen atoms in total. The number of amides is 2. The van der Waals surface area contributed by atoms with Crippen molar-refractivity contribution in [2.75, 3.05) is 16.4 Å². The van der Waals surface area contributed by atoms with Crippen LogP contribution in [0.4, 0.5) is 22.7 Å². The Kier molecular flexibility index (Phi) is 15.9. The van der Waals surface area contributed by atoms with Crippen LogP contribution in [0.2, 0.25) is 0 Å². The summed E-state index contributed by atoms with van der Waals surface area (Å²) in [7, 11) is -7.78. The van der Waals surface area contributed by atoms with Crippen molar-refractivity contribution in [3.05, 3.63) is 107 Å². The molecule has 63 heavy (non-hydrogen) atoms. The molecule has 0 atom stereocenters. The van der Waals surface area contributed by atoms with E-state index in [2.05, 4.69) is 30.0 Å². The molecule has 0 spiro atoms. The molecular formula is C42H46FeN8O8S4. The predicted molar refractivity (Wildman–Crippen MR) is 246 cm³/mol. The number of nitrogen functional groups attached to an aromatic ring is 1. The Morgan fingerprint density at radius 1 is 0.635 bits per heavy atom. The van der Waals surface area contributed by atoms with Gasteiger partial charge in [0.15, 0.2) is 0 Å². The molecule has 2 aromatic heterocycles. The van der Waals surface area contributed by atoms with Gasteiger partial charge in [-0.1, -0.05) is 12.1 Å². The largest absolute Gasteiger partial charge is 0.399 e. The number of hydrogen-bond acceptors (Lipinski definition) is 13. The standard InChI is InChI=1S/C21H22N4O5S2.C21H24N4O3S2.Fe/c1-13(26)23-15-7-10-17(19(11-15)32(29,30)24-21(2,3)4)18-12-22-20(31-18)14-5-8-16(9-6-14)25(27)28;1-13(26)24-16-9-10-17(19(11-16)30(27,28)25-21(2,3)4)18-12-23-20(29-18)14-5-7-15(22)8-6-14;/h5-12,24H,1-4H3,(H,23,26);5-12,25H,22H2,1-4H3,(H,24,26);. The van der Waals surface area contributed by atoms with E-state index in [0.717, 1.165) is 10.6 Å². The zero-order chi connectivity index (χ0) is 45.8. The van der Waals surface area contributed by atoms with Crippen LogP contribution < -0.4 is 25.8 Å². The van der Waals surface area contributed by atoms with Crippen molar-refractivity contribution >= 4 is 77.3 Å². The smallest absolute Gasteiger partial charge is 0.269 e. The van der Waals surface area contributed by atoms with E-state index in [4.69, 9.17) is 5.73 Å². The summed E-state index contributed by atoms with van der Waals surface area (Å²) in [5, 5.41) is 17.5. The number of nitro benzene ring substituents is 1. The van der Waals surface area contributed by atoms with Gasteiger partial charge < -0.3 is 16.4 Å². The van der Waals surface area contributed by atoms with Gasteiger partial charge >= 0.3 is 0 Å². The van der Waals surface area contributed by atoms with Crippen molar-refractivity contribution in [3.8, 4) is 42.0 Å². The number of carbonyl (C=O) groups excluding carboxylic acids is 2. The van der Waals surface area contributed by atoms with E-state index in [9.17, 15) is 36.5 Å². The molecule has 6 aromatic rings. The Morgan fingerprint density at radius 3 is 1.33 bits per heavy atom. The molecule has 0 aliphatic rings. The quantitative estimate of drug-likeness (QED) is 0.0356. The first-order valence-electron chi connectivity index (χ1n) is 18.7. The van der Waals surface area contributed by atoms with Gasteiger partial charge in [-0.05, 0) is 102 Å². The van der Waals surface area contributed by atoms with Crippen molar-refractivity contribution in [2.24, 2.45) is 0 Å². The van der Waals surface area contributed by atoms with E-state index < -0.39 is 36.0 Å². The molecule has 0 saturated heterocycles.